The summed E-state index contributed by atoms with van der Waals surface area (Å²) in [4.78, 5) is 0. The summed E-state index contributed by atoms with van der Waals surface area (Å²) in [6.07, 6.45) is 18.1. The fourth-order valence-electron chi connectivity index (χ4n) is 9.74. The van der Waals surface area contributed by atoms with E-state index >= 15 is 0 Å². The molecule has 4 saturated carbocycles. The van der Waals surface area contributed by atoms with Crippen molar-refractivity contribution in [2.24, 2.45) is 46.3 Å². The fraction of sp³-hybridized carbons (Fsp3) is 1.00. The van der Waals surface area contributed by atoms with Gasteiger partial charge in [0.1, 0.15) is 5.60 Å². The molecular formula is C27H46O. The van der Waals surface area contributed by atoms with Crippen molar-refractivity contribution in [2.45, 2.75) is 123 Å². The standard InChI is InChI=1S/C27H46O/c1-18(2)9-8-10-19(3)21-11-12-22-20-17-24-27(28-24)15-7-6-14-26(27,5)23(20)13-16-25(21,22)4/h18-24H,6-17H2,1-5H3/t19?,20-,21+,22-,23-,24?,25+,26+,27?/m0/s1. The second-order valence-electron chi connectivity index (χ2n) is 12.8. The topological polar surface area (TPSA) is 12.5 Å². The van der Waals surface area contributed by atoms with Crippen molar-refractivity contribution in [3.63, 3.8) is 0 Å². The maximum Gasteiger partial charge on any atom is 0.100 e. The summed E-state index contributed by atoms with van der Waals surface area (Å²) >= 11 is 0. The monoisotopic (exact) mass is 386 g/mol. The van der Waals surface area contributed by atoms with E-state index in [2.05, 4.69) is 34.6 Å². The molecule has 1 heterocycles. The number of rotatable bonds is 5. The van der Waals surface area contributed by atoms with Crippen LogP contribution in [-0.2, 0) is 4.74 Å². The molecule has 1 aliphatic heterocycles. The second kappa shape index (κ2) is 6.73. The Kier molecular flexibility index (Phi) is 4.78. The van der Waals surface area contributed by atoms with E-state index in [1.54, 1.807) is 0 Å². The third-order valence-electron chi connectivity index (χ3n) is 11.2. The van der Waals surface area contributed by atoms with E-state index in [1.165, 1.54) is 77.0 Å². The highest BCUT2D eigenvalue weighted by molar-refractivity contribution is 5.23. The minimum absolute atomic E-state index is 0.322. The summed E-state index contributed by atoms with van der Waals surface area (Å²) in [6, 6.07) is 0. The molecule has 0 bridgehead atoms. The molecule has 5 fully saturated rings. The summed E-state index contributed by atoms with van der Waals surface area (Å²) in [5.41, 5.74) is 1.45. The van der Waals surface area contributed by atoms with Gasteiger partial charge in [-0.25, -0.2) is 0 Å². The summed E-state index contributed by atoms with van der Waals surface area (Å²) < 4.78 is 6.60. The fourth-order valence-corrected chi connectivity index (χ4v) is 9.74. The lowest BCUT2D eigenvalue weighted by atomic mass is 9.44. The molecule has 0 aromatic rings. The van der Waals surface area contributed by atoms with Crippen molar-refractivity contribution < 1.29 is 4.74 Å². The van der Waals surface area contributed by atoms with E-state index in [-0.39, 0.29) is 0 Å². The Bertz CT molecular complexity index is 597. The van der Waals surface area contributed by atoms with Crippen LogP contribution in [0.5, 0.6) is 0 Å². The minimum Gasteiger partial charge on any atom is -0.365 e. The van der Waals surface area contributed by atoms with Crippen LogP contribution in [0.2, 0.25) is 0 Å². The van der Waals surface area contributed by atoms with Gasteiger partial charge in [-0.3, -0.25) is 0 Å². The molecule has 0 aromatic carbocycles. The number of hydrogen-bond acceptors (Lipinski definition) is 1. The van der Waals surface area contributed by atoms with E-state index in [4.69, 9.17) is 4.74 Å². The molecule has 5 rings (SSSR count). The molecule has 160 valence electrons. The summed E-state index contributed by atoms with van der Waals surface area (Å²) in [5.74, 6) is 5.69. The Balaban J connectivity index is 1.33. The van der Waals surface area contributed by atoms with Crippen LogP contribution in [0.25, 0.3) is 0 Å². The third-order valence-corrected chi connectivity index (χ3v) is 11.2. The average Bonchev–Trinajstić information content (AvgIpc) is 3.23. The molecule has 1 spiro atoms. The van der Waals surface area contributed by atoms with Gasteiger partial charge in [0.25, 0.3) is 0 Å². The van der Waals surface area contributed by atoms with Crippen LogP contribution in [-0.4, -0.2) is 11.7 Å². The highest BCUT2D eigenvalue weighted by atomic mass is 16.6. The maximum atomic E-state index is 6.60. The summed E-state index contributed by atoms with van der Waals surface area (Å²) in [6.45, 7) is 12.8. The quantitative estimate of drug-likeness (QED) is 0.442. The Morgan fingerprint density at radius 2 is 1.68 bits per heavy atom. The van der Waals surface area contributed by atoms with Gasteiger partial charge in [0.05, 0.1) is 6.10 Å². The van der Waals surface area contributed by atoms with E-state index in [9.17, 15) is 0 Å². The van der Waals surface area contributed by atoms with Gasteiger partial charge in [0.2, 0.25) is 0 Å². The molecule has 9 atom stereocenters. The zero-order valence-corrected chi connectivity index (χ0v) is 19.4. The van der Waals surface area contributed by atoms with Crippen LogP contribution in [0, 0.1) is 46.3 Å². The Morgan fingerprint density at radius 3 is 2.46 bits per heavy atom. The predicted molar refractivity (Wildman–Crippen MR) is 117 cm³/mol. The van der Waals surface area contributed by atoms with Crippen molar-refractivity contribution in [2.75, 3.05) is 0 Å². The van der Waals surface area contributed by atoms with Crippen LogP contribution < -0.4 is 0 Å². The van der Waals surface area contributed by atoms with Gasteiger partial charge in [0.15, 0.2) is 0 Å². The van der Waals surface area contributed by atoms with Crippen LogP contribution >= 0.6 is 0 Å². The number of hydrogen-bond donors (Lipinski definition) is 0. The Hall–Kier alpha value is -0.0400. The lowest BCUT2D eigenvalue weighted by molar-refractivity contribution is -0.100. The Morgan fingerprint density at radius 1 is 0.893 bits per heavy atom. The molecule has 28 heavy (non-hydrogen) atoms. The molecule has 4 aliphatic carbocycles. The van der Waals surface area contributed by atoms with Crippen molar-refractivity contribution in [1.82, 2.24) is 0 Å². The van der Waals surface area contributed by atoms with Gasteiger partial charge in [-0.1, -0.05) is 66.7 Å². The lowest BCUT2D eigenvalue weighted by Gasteiger charge is -2.59. The lowest BCUT2D eigenvalue weighted by Crippen LogP contribution is -2.57. The van der Waals surface area contributed by atoms with E-state index in [0.717, 1.165) is 35.5 Å². The van der Waals surface area contributed by atoms with Crippen molar-refractivity contribution in [1.29, 1.82) is 0 Å². The number of epoxide rings is 1. The van der Waals surface area contributed by atoms with Gasteiger partial charge in [0, 0.05) is 5.41 Å². The van der Waals surface area contributed by atoms with Crippen LogP contribution in [0.3, 0.4) is 0 Å². The van der Waals surface area contributed by atoms with Gasteiger partial charge < -0.3 is 4.74 Å². The van der Waals surface area contributed by atoms with E-state index in [1.807, 2.05) is 0 Å². The minimum atomic E-state index is 0.322. The molecular weight excluding hydrogens is 340 g/mol. The van der Waals surface area contributed by atoms with Crippen molar-refractivity contribution in [3.05, 3.63) is 0 Å². The molecule has 0 amide bonds. The first-order valence-electron chi connectivity index (χ1n) is 13.0. The molecule has 1 saturated heterocycles. The molecule has 3 unspecified atom stereocenters. The average molecular weight is 387 g/mol. The van der Waals surface area contributed by atoms with Gasteiger partial charge >= 0.3 is 0 Å². The molecule has 0 N–H and O–H groups in total. The smallest absolute Gasteiger partial charge is 0.100 e. The number of fused-ring (bicyclic) bond motifs is 4. The van der Waals surface area contributed by atoms with Crippen molar-refractivity contribution >= 4 is 0 Å². The molecule has 0 radical (unpaired) electrons. The van der Waals surface area contributed by atoms with Gasteiger partial charge in [-0.2, -0.15) is 0 Å². The zero-order chi connectivity index (χ0) is 19.7. The normalized spacial score (nSPS) is 53.1. The van der Waals surface area contributed by atoms with Crippen LogP contribution in [0.4, 0.5) is 0 Å². The summed E-state index contributed by atoms with van der Waals surface area (Å²) in [5, 5.41) is 0. The van der Waals surface area contributed by atoms with Crippen LogP contribution in [0.1, 0.15) is 112 Å². The summed E-state index contributed by atoms with van der Waals surface area (Å²) in [7, 11) is 0. The first-order valence-corrected chi connectivity index (χ1v) is 13.0. The van der Waals surface area contributed by atoms with E-state index < -0.39 is 0 Å². The first kappa shape index (κ1) is 19.9. The van der Waals surface area contributed by atoms with Gasteiger partial charge in [-0.15, -0.1) is 0 Å². The zero-order valence-electron chi connectivity index (χ0n) is 19.4. The molecule has 1 nitrogen and oxygen atoms in total. The van der Waals surface area contributed by atoms with Crippen molar-refractivity contribution in [3.8, 4) is 0 Å². The second-order valence-corrected chi connectivity index (χ2v) is 12.8. The highest BCUT2D eigenvalue weighted by Gasteiger charge is 2.75. The van der Waals surface area contributed by atoms with Crippen LogP contribution in [0.15, 0.2) is 0 Å². The first-order chi connectivity index (χ1) is 13.3. The predicted octanol–water partition coefficient (Wildman–Crippen LogP) is 7.63. The molecule has 1 heteroatoms. The highest BCUT2D eigenvalue weighted by Crippen LogP contribution is 2.74. The Labute approximate surface area is 174 Å². The molecule has 0 aromatic heterocycles. The third kappa shape index (κ3) is 2.66. The van der Waals surface area contributed by atoms with Gasteiger partial charge in [-0.05, 0) is 85.9 Å². The largest absolute Gasteiger partial charge is 0.365 e. The SMILES string of the molecule is CC(C)CCCC(C)[C@H]1CC[C@H]2[C@@H]3CC4OC45CCCC[C@]5(C)[C@H]3CC[C@]12C. The number of ether oxygens (including phenoxy) is 1. The van der Waals surface area contributed by atoms with E-state index in [0.29, 0.717) is 22.5 Å². The maximum absolute atomic E-state index is 6.60. The molecule has 5 aliphatic rings.